The Morgan fingerprint density at radius 3 is 2.71 bits per heavy atom. The number of halogens is 1. The van der Waals surface area contributed by atoms with Crippen LogP contribution >= 0.6 is 0 Å². The SMILES string of the molecule is CC(C)c1nc(-c2cccc(F)c2)oc1CN. The minimum absolute atomic E-state index is 0.236. The maximum atomic E-state index is 13.1. The summed E-state index contributed by atoms with van der Waals surface area (Å²) in [6.45, 7) is 4.34. The maximum Gasteiger partial charge on any atom is 0.226 e. The maximum absolute atomic E-state index is 13.1. The normalized spacial score (nSPS) is 11.1. The molecule has 0 bridgehead atoms. The number of nitrogens with zero attached hydrogens (tertiary/aromatic N) is 1. The van der Waals surface area contributed by atoms with Crippen molar-refractivity contribution in [3.8, 4) is 11.5 Å². The van der Waals surface area contributed by atoms with Gasteiger partial charge in [-0.25, -0.2) is 9.37 Å². The summed E-state index contributed by atoms with van der Waals surface area (Å²) >= 11 is 0. The fourth-order valence-corrected chi connectivity index (χ4v) is 1.71. The summed E-state index contributed by atoms with van der Waals surface area (Å²) in [7, 11) is 0. The third-order valence-corrected chi connectivity index (χ3v) is 2.53. The number of benzene rings is 1. The highest BCUT2D eigenvalue weighted by molar-refractivity contribution is 5.53. The zero-order valence-electron chi connectivity index (χ0n) is 9.90. The third-order valence-electron chi connectivity index (χ3n) is 2.53. The van der Waals surface area contributed by atoms with Crippen molar-refractivity contribution in [1.82, 2.24) is 4.98 Å². The van der Waals surface area contributed by atoms with Crippen molar-refractivity contribution in [3.63, 3.8) is 0 Å². The van der Waals surface area contributed by atoms with E-state index in [1.807, 2.05) is 13.8 Å². The van der Waals surface area contributed by atoms with Gasteiger partial charge in [-0.05, 0) is 24.1 Å². The predicted molar refractivity (Wildman–Crippen MR) is 63.9 cm³/mol. The van der Waals surface area contributed by atoms with Gasteiger partial charge in [0, 0.05) is 5.56 Å². The first kappa shape index (κ1) is 11.8. The monoisotopic (exact) mass is 234 g/mol. The molecule has 17 heavy (non-hydrogen) atoms. The quantitative estimate of drug-likeness (QED) is 0.887. The second kappa shape index (κ2) is 4.67. The van der Waals surface area contributed by atoms with Crippen LogP contribution in [0, 0.1) is 5.82 Å². The molecule has 90 valence electrons. The zero-order valence-corrected chi connectivity index (χ0v) is 9.90. The van der Waals surface area contributed by atoms with E-state index in [1.165, 1.54) is 12.1 Å². The fraction of sp³-hybridized carbons (Fsp3) is 0.308. The first-order chi connectivity index (χ1) is 8.11. The van der Waals surface area contributed by atoms with Crippen molar-refractivity contribution in [1.29, 1.82) is 0 Å². The smallest absolute Gasteiger partial charge is 0.226 e. The molecule has 0 aliphatic carbocycles. The third kappa shape index (κ3) is 2.36. The van der Waals surface area contributed by atoms with Crippen molar-refractivity contribution in [3.05, 3.63) is 41.5 Å². The molecule has 0 fully saturated rings. The molecule has 3 nitrogen and oxygen atoms in total. The van der Waals surface area contributed by atoms with Gasteiger partial charge in [0.05, 0.1) is 12.2 Å². The van der Waals surface area contributed by atoms with Crippen molar-refractivity contribution in [2.45, 2.75) is 26.3 Å². The van der Waals surface area contributed by atoms with E-state index < -0.39 is 0 Å². The molecule has 2 rings (SSSR count). The molecule has 0 radical (unpaired) electrons. The van der Waals surface area contributed by atoms with Crippen LogP contribution < -0.4 is 5.73 Å². The summed E-state index contributed by atoms with van der Waals surface area (Å²) in [6.07, 6.45) is 0. The molecule has 0 aliphatic heterocycles. The summed E-state index contributed by atoms with van der Waals surface area (Å²) in [5, 5.41) is 0. The van der Waals surface area contributed by atoms with E-state index in [0.29, 0.717) is 23.8 Å². The van der Waals surface area contributed by atoms with E-state index in [2.05, 4.69) is 4.98 Å². The number of hydrogen-bond acceptors (Lipinski definition) is 3. The molecule has 0 aliphatic rings. The molecule has 0 amide bonds. The molecular weight excluding hydrogens is 219 g/mol. The number of oxazole rings is 1. The van der Waals surface area contributed by atoms with Crippen LogP contribution in [0.15, 0.2) is 28.7 Å². The summed E-state index contributed by atoms with van der Waals surface area (Å²) in [5.74, 6) is 1.02. The minimum atomic E-state index is -0.305. The van der Waals surface area contributed by atoms with Gasteiger partial charge in [-0.3, -0.25) is 0 Å². The Morgan fingerprint density at radius 2 is 2.18 bits per heavy atom. The Kier molecular flexibility index (Phi) is 3.24. The molecule has 4 heteroatoms. The van der Waals surface area contributed by atoms with Crippen LogP contribution in [0.5, 0.6) is 0 Å². The summed E-state index contributed by atoms with van der Waals surface area (Å²) in [6, 6.07) is 6.18. The predicted octanol–water partition coefficient (Wildman–Crippen LogP) is 3.06. The van der Waals surface area contributed by atoms with Crippen molar-refractivity contribution < 1.29 is 8.81 Å². The Hall–Kier alpha value is -1.68. The van der Waals surface area contributed by atoms with Crippen molar-refractivity contribution >= 4 is 0 Å². The van der Waals surface area contributed by atoms with Gasteiger partial charge in [0.2, 0.25) is 5.89 Å². The lowest BCUT2D eigenvalue weighted by Crippen LogP contribution is -2.00. The number of aromatic nitrogens is 1. The second-order valence-corrected chi connectivity index (χ2v) is 4.20. The van der Waals surface area contributed by atoms with Gasteiger partial charge in [-0.2, -0.15) is 0 Å². The second-order valence-electron chi connectivity index (χ2n) is 4.20. The standard InChI is InChI=1S/C13H15FN2O/c1-8(2)12-11(7-15)17-13(16-12)9-4-3-5-10(14)6-9/h3-6,8H,7,15H2,1-2H3. The van der Waals surface area contributed by atoms with Crippen LogP contribution in [-0.4, -0.2) is 4.98 Å². The summed E-state index contributed by atoms with van der Waals surface area (Å²) in [5.41, 5.74) is 7.07. The fourth-order valence-electron chi connectivity index (χ4n) is 1.71. The molecule has 2 aromatic rings. The first-order valence-corrected chi connectivity index (χ1v) is 5.57. The van der Waals surface area contributed by atoms with Gasteiger partial charge < -0.3 is 10.2 Å². The topological polar surface area (TPSA) is 52.0 Å². The molecule has 0 unspecified atom stereocenters. The molecule has 0 atom stereocenters. The minimum Gasteiger partial charge on any atom is -0.440 e. The number of nitrogens with two attached hydrogens (primary N) is 1. The number of rotatable bonds is 3. The van der Waals surface area contributed by atoms with E-state index in [9.17, 15) is 4.39 Å². The highest BCUT2D eigenvalue weighted by atomic mass is 19.1. The molecule has 0 saturated carbocycles. The summed E-state index contributed by atoms with van der Waals surface area (Å²) < 4.78 is 18.7. The zero-order chi connectivity index (χ0) is 12.4. The lowest BCUT2D eigenvalue weighted by atomic mass is 10.1. The van der Waals surface area contributed by atoms with Crippen LogP contribution in [0.3, 0.4) is 0 Å². The molecule has 1 aromatic heterocycles. The van der Waals surface area contributed by atoms with Crippen LogP contribution in [0.2, 0.25) is 0 Å². The molecule has 2 N–H and O–H groups in total. The van der Waals surface area contributed by atoms with Crippen molar-refractivity contribution in [2.75, 3.05) is 0 Å². The van der Waals surface area contributed by atoms with Gasteiger partial charge >= 0.3 is 0 Å². The van der Waals surface area contributed by atoms with E-state index in [0.717, 1.165) is 5.69 Å². The van der Waals surface area contributed by atoms with Gasteiger partial charge in [-0.1, -0.05) is 19.9 Å². The molecule has 1 heterocycles. The average molecular weight is 234 g/mol. The molecular formula is C13H15FN2O. The van der Waals surface area contributed by atoms with Gasteiger partial charge in [0.15, 0.2) is 0 Å². The van der Waals surface area contributed by atoms with E-state index in [-0.39, 0.29) is 11.7 Å². The van der Waals surface area contributed by atoms with Crippen LogP contribution in [-0.2, 0) is 6.54 Å². The molecule has 1 aromatic carbocycles. The molecule has 0 saturated heterocycles. The number of hydrogen-bond donors (Lipinski definition) is 1. The Balaban J connectivity index is 2.46. The lowest BCUT2D eigenvalue weighted by molar-refractivity contribution is 0.514. The Bertz CT molecular complexity index is 520. The van der Waals surface area contributed by atoms with Gasteiger partial charge in [-0.15, -0.1) is 0 Å². The Morgan fingerprint density at radius 1 is 1.41 bits per heavy atom. The van der Waals surface area contributed by atoms with E-state index >= 15 is 0 Å². The summed E-state index contributed by atoms with van der Waals surface area (Å²) in [4.78, 5) is 4.38. The molecule has 0 spiro atoms. The van der Waals surface area contributed by atoms with Crippen LogP contribution in [0.1, 0.15) is 31.2 Å². The van der Waals surface area contributed by atoms with Crippen LogP contribution in [0.25, 0.3) is 11.5 Å². The largest absolute Gasteiger partial charge is 0.440 e. The Labute approximate surface area is 99.5 Å². The van der Waals surface area contributed by atoms with E-state index in [4.69, 9.17) is 10.2 Å². The van der Waals surface area contributed by atoms with Crippen LogP contribution in [0.4, 0.5) is 4.39 Å². The first-order valence-electron chi connectivity index (χ1n) is 5.57. The average Bonchev–Trinajstić information content (AvgIpc) is 2.73. The van der Waals surface area contributed by atoms with E-state index in [1.54, 1.807) is 12.1 Å². The highest BCUT2D eigenvalue weighted by Gasteiger charge is 2.16. The lowest BCUT2D eigenvalue weighted by Gasteiger charge is -1.99. The van der Waals surface area contributed by atoms with Crippen molar-refractivity contribution in [2.24, 2.45) is 5.73 Å². The highest BCUT2D eigenvalue weighted by Crippen LogP contribution is 2.26. The van der Waals surface area contributed by atoms with Gasteiger partial charge in [0.25, 0.3) is 0 Å². The van der Waals surface area contributed by atoms with Gasteiger partial charge in [0.1, 0.15) is 11.6 Å².